The molecule has 0 aromatic heterocycles. The molecule has 0 aromatic carbocycles. The standard InChI is InChI=1S/C24H39F2NO3/c1-13(16(12-27)21(29)30)17-4-5-18-20-19(7-9-23(17,18)3)22(2)8-6-15(28)10-14(22)11-24(20,25)26/h13-20,28H,4-12,27H2,1-3H3,(H,29,30)/t13-,14+,15-,16-,17-,18?,19?,20?,22+,23-/m1/s1. The molecule has 4 nitrogen and oxygen atoms in total. The Balaban J connectivity index is 1.65. The number of carboxylic acid groups (broad SMARTS) is 1. The highest BCUT2D eigenvalue weighted by atomic mass is 19.3. The molecule has 4 fully saturated rings. The Hall–Kier alpha value is -0.750. The summed E-state index contributed by atoms with van der Waals surface area (Å²) in [4.78, 5) is 11.7. The first-order chi connectivity index (χ1) is 14.0. The van der Waals surface area contributed by atoms with E-state index in [-0.39, 0.29) is 53.4 Å². The summed E-state index contributed by atoms with van der Waals surface area (Å²) in [5.74, 6) is -4.96. The molecule has 4 rings (SSSR count). The Morgan fingerprint density at radius 3 is 2.37 bits per heavy atom. The van der Waals surface area contributed by atoms with Gasteiger partial charge in [-0.05, 0) is 85.4 Å². The number of alkyl halides is 2. The number of hydrogen-bond acceptors (Lipinski definition) is 3. The van der Waals surface area contributed by atoms with Crippen LogP contribution in [0.5, 0.6) is 0 Å². The highest BCUT2D eigenvalue weighted by Crippen LogP contribution is 2.71. The van der Waals surface area contributed by atoms with Crippen molar-refractivity contribution in [3.05, 3.63) is 0 Å². The Kier molecular flexibility index (Phi) is 5.53. The van der Waals surface area contributed by atoms with E-state index in [9.17, 15) is 15.0 Å². The fourth-order valence-corrected chi connectivity index (χ4v) is 8.86. The fourth-order valence-electron chi connectivity index (χ4n) is 8.86. The van der Waals surface area contributed by atoms with Gasteiger partial charge < -0.3 is 15.9 Å². The average molecular weight is 428 g/mol. The molecule has 172 valence electrons. The van der Waals surface area contributed by atoms with Gasteiger partial charge in [0.25, 0.3) is 5.92 Å². The molecule has 0 saturated heterocycles. The van der Waals surface area contributed by atoms with Crippen LogP contribution < -0.4 is 5.73 Å². The lowest BCUT2D eigenvalue weighted by Gasteiger charge is -2.63. The first kappa shape index (κ1) is 22.4. The average Bonchev–Trinajstić information content (AvgIpc) is 3.00. The monoisotopic (exact) mass is 427 g/mol. The lowest BCUT2D eigenvalue weighted by Crippen LogP contribution is -2.61. The minimum Gasteiger partial charge on any atom is -0.481 e. The van der Waals surface area contributed by atoms with Crippen molar-refractivity contribution in [2.75, 3.05) is 6.54 Å². The number of halogens is 2. The van der Waals surface area contributed by atoms with Gasteiger partial charge in [-0.3, -0.25) is 4.79 Å². The zero-order valence-corrected chi connectivity index (χ0v) is 18.6. The van der Waals surface area contributed by atoms with Crippen LogP contribution in [0.2, 0.25) is 0 Å². The molecular formula is C24H39F2NO3. The maximum atomic E-state index is 15.7. The minimum absolute atomic E-state index is 0.00402. The van der Waals surface area contributed by atoms with Gasteiger partial charge in [0.15, 0.2) is 0 Å². The number of aliphatic hydroxyl groups excluding tert-OH is 1. The summed E-state index contributed by atoms with van der Waals surface area (Å²) in [5.41, 5.74) is 5.42. The summed E-state index contributed by atoms with van der Waals surface area (Å²) in [6, 6.07) is 0. The molecule has 10 atom stereocenters. The van der Waals surface area contributed by atoms with Gasteiger partial charge in [-0.25, -0.2) is 8.78 Å². The van der Waals surface area contributed by atoms with Crippen LogP contribution in [-0.4, -0.2) is 34.8 Å². The van der Waals surface area contributed by atoms with E-state index in [1.54, 1.807) is 0 Å². The van der Waals surface area contributed by atoms with E-state index in [1.807, 2.05) is 6.92 Å². The van der Waals surface area contributed by atoms with Gasteiger partial charge >= 0.3 is 5.97 Å². The lowest BCUT2D eigenvalue weighted by atomic mass is 9.43. The van der Waals surface area contributed by atoms with Crippen molar-refractivity contribution in [2.45, 2.75) is 84.2 Å². The molecule has 0 heterocycles. The summed E-state index contributed by atoms with van der Waals surface area (Å²) < 4.78 is 31.4. The van der Waals surface area contributed by atoms with Crippen LogP contribution in [0.3, 0.4) is 0 Å². The maximum Gasteiger partial charge on any atom is 0.308 e. The second-order valence-electron chi connectivity index (χ2n) is 11.6. The van der Waals surface area contributed by atoms with E-state index >= 15 is 8.78 Å². The molecule has 0 amide bonds. The quantitative estimate of drug-likeness (QED) is 0.615. The van der Waals surface area contributed by atoms with E-state index < -0.39 is 29.8 Å². The predicted molar refractivity (Wildman–Crippen MR) is 111 cm³/mol. The molecule has 0 aliphatic heterocycles. The van der Waals surface area contributed by atoms with E-state index in [1.165, 1.54) is 0 Å². The number of fused-ring (bicyclic) bond motifs is 5. The molecule has 0 spiro atoms. The van der Waals surface area contributed by atoms with Gasteiger partial charge in [0.2, 0.25) is 0 Å². The summed E-state index contributed by atoms with van der Waals surface area (Å²) >= 11 is 0. The van der Waals surface area contributed by atoms with Gasteiger partial charge in [-0.15, -0.1) is 0 Å². The van der Waals surface area contributed by atoms with Gasteiger partial charge in [0, 0.05) is 18.9 Å². The third-order valence-electron chi connectivity index (χ3n) is 10.5. The smallest absolute Gasteiger partial charge is 0.308 e. The van der Waals surface area contributed by atoms with Gasteiger partial charge in [0.1, 0.15) is 0 Å². The van der Waals surface area contributed by atoms with Crippen molar-refractivity contribution in [1.29, 1.82) is 0 Å². The van der Waals surface area contributed by atoms with Crippen molar-refractivity contribution >= 4 is 5.97 Å². The Bertz CT molecular complexity index is 687. The highest BCUT2D eigenvalue weighted by Gasteiger charge is 2.68. The molecule has 30 heavy (non-hydrogen) atoms. The number of aliphatic carboxylic acids is 1. The number of nitrogens with two attached hydrogens (primary N) is 1. The number of rotatable bonds is 4. The largest absolute Gasteiger partial charge is 0.481 e. The Morgan fingerprint density at radius 2 is 1.73 bits per heavy atom. The molecule has 4 aliphatic rings. The summed E-state index contributed by atoms with van der Waals surface area (Å²) in [5, 5.41) is 19.8. The van der Waals surface area contributed by atoms with Crippen LogP contribution in [0.1, 0.15) is 72.1 Å². The molecule has 3 unspecified atom stereocenters. The molecule has 6 heteroatoms. The van der Waals surface area contributed by atoms with Crippen LogP contribution in [0.25, 0.3) is 0 Å². The zero-order chi connectivity index (χ0) is 22.1. The van der Waals surface area contributed by atoms with Crippen LogP contribution in [0.4, 0.5) is 8.78 Å². The Morgan fingerprint density at radius 1 is 1.10 bits per heavy atom. The molecule has 0 radical (unpaired) electrons. The topological polar surface area (TPSA) is 83.5 Å². The Labute approximate surface area is 179 Å². The van der Waals surface area contributed by atoms with Crippen molar-refractivity contribution in [1.82, 2.24) is 0 Å². The second-order valence-corrected chi connectivity index (χ2v) is 11.6. The van der Waals surface area contributed by atoms with Crippen molar-refractivity contribution in [3.63, 3.8) is 0 Å². The number of carbonyl (C=O) groups is 1. The summed E-state index contributed by atoms with van der Waals surface area (Å²) in [7, 11) is 0. The zero-order valence-electron chi connectivity index (χ0n) is 18.6. The lowest BCUT2D eigenvalue weighted by molar-refractivity contribution is -0.238. The van der Waals surface area contributed by atoms with Crippen LogP contribution in [-0.2, 0) is 4.79 Å². The molecular weight excluding hydrogens is 388 g/mol. The van der Waals surface area contributed by atoms with E-state index in [0.29, 0.717) is 6.42 Å². The first-order valence-corrected chi connectivity index (χ1v) is 11.9. The predicted octanol–water partition coefficient (Wildman–Crippen LogP) is 4.55. The van der Waals surface area contributed by atoms with Gasteiger partial charge in [-0.1, -0.05) is 20.8 Å². The van der Waals surface area contributed by atoms with Crippen molar-refractivity contribution < 1.29 is 23.8 Å². The molecule has 4 saturated carbocycles. The molecule has 0 bridgehead atoms. The third kappa shape index (κ3) is 3.15. The number of hydrogen-bond donors (Lipinski definition) is 3. The molecule has 0 aromatic rings. The van der Waals surface area contributed by atoms with Crippen molar-refractivity contribution in [3.8, 4) is 0 Å². The van der Waals surface area contributed by atoms with E-state index in [0.717, 1.165) is 38.5 Å². The second kappa shape index (κ2) is 7.40. The van der Waals surface area contributed by atoms with E-state index in [4.69, 9.17) is 5.73 Å². The van der Waals surface area contributed by atoms with E-state index in [2.05, 4.69) is 13.8 Å². The van der Waals surface area contributed by atoms with Crippen LogP contribution in [0.15, 0.2) is 0 Å². The van der Waals surface area contributed by atoms with Gasteiger partial charge in [-0.2, -0.15) is 0 Å². The number of aliphatic hydroxyl groups is 1. The summed E-state index contributed by atoms with van der Waals surface area (Å²) in [6.45, 7) is 6.43. The maximum absolute atomic E-state index is 15.7. The first-order valence-electron chi connectivity index (χ1n) is 11.9. The molecule has 4 N–H and O–H groups in total. The van der Waals surface area contributed by atoms with Crippen molar-refractivity contribution in [2.24, 2.45) is 58.0 Å². The fraction of sp³-hybridized carbons (Fsp3) is 0.958. The minimum atomic E-state index is -2.71. The third-order valence-corrected chi connectivity index (χ3v) is 10.5. The van der Waals surface area contributed by atoms with Crippen LogP contribution in [0, 0.1) is 52.3 Å². The van der Waals surface area contributed by atoms with Crippen LogP contribution >= 0.6 is 0 Å². The highest BCUT2D eigenvalue weighted by molar-refractivity contribution is 5.70. The molecule has 4 aliphatic carbocycles. The van der Waals surface area contributed by atoms with Gasteiger partial charge in [0.05, 0.1) is 12.0 Å². The summed E-state index contributed by atoms with van der Waals surface area (Å²) in [6.07, 6.45) is 4.81. The number of carboxylic acids is 1. The normalized spacial score (nSPS) is 49.4. The SMILES string of the molecule is C[C@@H]([C@H]1CCC2C3C(CC[C@@]21C)[C@@]1(C)CC[C@@H](O)C[C@H]1CC3(F)F)[C@@H](CN)C(=O)O.